The van der Waals surface area contributed by atoms with E-state index in [1.54, 1.807) is 6.92 Å². The maximum atomic E-state index is 12.3. The average molecular weight is 258 g/mol. The van der Waals surface area contributed by atoms with Gasteiger partial charge in [-0.2, -0.15) is 0 Å². The number of carbonyl (C=O) groups is 2. The number of aliphatic hydroxyl groups is 1. The van der Waals surface area contributed by atoms with E-state index < -0.39 is 16.9 Å². The molecule has 100 valence electrons. The van der Waals surface area contributed by atoms with Crippen LogP contribution in [0.4, 0.5) is 0 Å². The minimum absolute atomic E-state index is 0.00601. The highest BCUT2D eigenvalue weighted by Crippen LogP contribution is 2.51. The summed E-state index contributed by atoms with van der Waals surface area (Å²) >= 11 is 0. The zero-order valence-corrected chi connectivity index (χ0v) is 11.1. The molecule has 0 spiro atoms. The maximum absolute atomic E-state index is 12.3. The number of hydrogen-bond acceptors (Lipinski definition) is 3. The van der Waals surface area contributed by atoms with E-state index in [4.69, 9.17) is 0 Å². The van der Waals surface area contributed by atoms with E-state index >= 15 is 0 Å². The molecule has 0 aliphatic heterocycles. The standard InChI is InChI=1S/C16H18O3/c1-15-7-8-16(19,10-11-5-3-2-4-6-11)12(14(15)18)9-13(15)17/h2-6,12,19H,7-10H2,1H3. The molecule has 0 aromatic heterocycles. The molecular weight excluding hydrogens is 240 g/mol. The second-order valence-corrected chi connectivity index (χ2v) is 6.14. The Bertz CT molecular complexity index is 536. The number of Topliss-reactive ketones (excluding diaryl/α,β-unsaturated/α-hetero) is 2. The van der Waals surface area contributed by atoms with Crippen molar-refractivity contribution < 1.29 is 14.7 Å². The van der Waals surface area contributed by atoms with Crippen molar-refractivity contribution >= 4 is 11.6 Å². The van der Waals surface area contributed by atoms with E-state index in [1.165, 1.54) is 0 Å². The second kappa shape index (κ2) is 4.01. The van der Waals surface area contributed by atoms with Crippen LogP contribution >= 0.6 is 0 Å². The molecule has 1 aromatic rings. The van der Waals surface area contributed by atoms with Crippen molar-refractivity contribution in [2.75, 3.05) is 0 Å². The van der Waals surface area contributed by atoms with Gasteiger partial charge in [0.25, 0.3) is 0 Å². The first-order valence-electron chi connectivity index (χ1n) is 6.80. The number of benzene rings is 1. The summed E-state index contributed by atoms with van der Waals surface area (Å²) in [6.45, 7) is 1.74. The van der Waals surface area contributed by atoms with Gasteiger partial charge < -0.3 is 5.11 Å². The molecule has 0 saturated heterocycles. The van der Waals surface area contributed by atoms with Crippen molar-refractivity contribution in [3.8, 4) is 0 Å². The summed E-state index contributed by atoms with van der Waals surface area (Å²) in [4.78, 5) is 24.3. The number of fused-ring (bicyclic) bond motifs is 2. The normalized spacial score (nSPS) is 37.7. The lowest BCUT2D eigenvalue weighted by atomic mass is 9.67. The van der Waals surface area contributed by atoms with Crippen molar-refractivity contribution in [3.05, 3.63) is 35.9 Å². The Hall–Kier alpha value is -1.48. The van der Waals surface area contributed by atoms with Gasteiger partial charge in [-0.3, -0.25) is 9.59 Å². The van der Waals surface area contributed by atoms with E-state index in [0.717, 1.165) is 5.56 Å². The molecule has 2 bridgehead atoms. The van der Waals surface area contributed by atoms with Crippen LogP contribution in [0.15, 0.2) is 30.3 Å². The van der Waals surface area contributed by atoms with Gasteiger partial charge in [0.05, 0.1) is 16.9 Å². The van der Waals surface area contributed by atoms with Crippen LogP contribution in [-0.2, 0) is 16.0 Å². The quantitative estimate of drug-likeness (QED) is 0.824. The average Bonchev–Trinajstić information content (AvgIpc) is 2.56. The third-order valence-electron chi connectivity index (χ3n) is 4.92. The van der Waals surface area contributed by atoms with Crippen LogP contribution in [0.25, 0.3) is 0 Å². The third kappa shape index (κ3) is 1.76. The third-order valence-corrected chi connectivity index (χ3v) is 4.92. The predicted octanol–water partition coefficient (Wildman–Crippen LogP) is 1.92. The van der Waals surface area contributed by atoms with Crippen LogP contribution in [-0.4, -0.2) is 22.3 Å². The fourth-order valence-corrected chi connectivity index (χ4v) is 3.52. The van der Waals surface area contributed by atoms with Gasteiger partial charge in [0, 0.05) is 12.8 Å². The summed E-state index contributed by atoms with van der Waals surface area (Å²) in [7, 11) is 0. The second-order valence-electron chi connectivity index (χ2n) is 6.14. The molecule has 3 heteroatoms. The Morgan fingerprint density at radius 2 is 1.89 bits per heavy atom. The highest BCUT2D eigenvalue weighted by Gasteiger charge is 2.61. The molecule has 3 rings (SSSR count). The molecule has 19 heavy (non-hydrogen) atoms. The van der Waals surface area contributed by atoms with Crippen molar-refractivity contribution in [1.29, 1.82) is 0 Å². The van der Waals surface area contributed by atoms with E-state index in [-0.39, 0.29) is 18.0 Å². The van der Waals surface area contributed by atoms with Crippen molar-refractivity contribution in [2.45, 2.75) is 38.2 Å². The molecule has 3 atom stereocenters. The van der Waals surface area contributed by atoms with Gasteiger partial charge in [0.1, 0.15) is 5.78 Å². The highest BCUT2D eigenvalue weighted by atomic mass is 16.3. The molecular formula is C16H18O3. The van der Waals surface area contributed by atoms with Gasteiger partial charge in [-0.1, -0.05) is 30.3 Å². The van der Waals surface area contributed by atoms with Gasteiger partial charge in [-0.25, -0.2) is 0 Å². The Labute approximate surface area is 112 Å². The topological polar surface area (TPSA) is 54.4 Å². The molecule has 3 unspecified atom stereocenters. The van der Waals surface area contributed by atoms with E-state index in [0.29, 0.717) is 19.3 Å². The first-order chi connectivity index (χ1) is 8.96. The summed E-state index contributed by atoms with van der Waals surface area (Å²) in [5.74, 6) is -0.562. The van der Waals surface area contributed by atoms with Crippen LogP contribution in [0.3, 0.4) is 0 Å². The summed E-state index contributed by atoms with van der Waals surface area (Å²) in [5.41, 5.74) is -0.863. The van der Waals surface area contributed by atoms with Crippen molar-refractivity contribution in [3.63, 3.8) is 0 Å². The predicted molar refractivity (Wildman–Crippen MR) is 70.6 cm³/mol. The lowest BCUT2D eigenvalue weighted by Gasteiger charge is -2.39. The SMILES string of the molecule is CC12CCC(O)(Cc3ccccc3)C(CC1=O)C2=O. The van der Waals surface area contributed by atoms with E-state index in [1.807, 2.05) is 30.3 Å². The molecule has 3 nitrogen and oxygen atoms in total. The van der Waals surface area contributed by atoms with Gasteiger partial charge >= 0.3 is 0 Å². The zero-order chi connectivity index (χ0) is 13.7. The first-order valence-corrected chi connectivity index (χ1v) is 6.80. The molecule has 2 saturated carbocycles. The van der Waals surface area contributed by atoms with Gasteiger partial charge in [0.2, 0.25) is 0 Å². The Balaban J connectivity index is 1.90. The Kier molecular flexibility index (Phi) is 2.65. The summed E-state index contributed by atoms with van der Waals surface area (Å²) in [6.07, 6.45) is 1.66. The smallest absolute Gasteiger partial charge is 0.152 e. The lowest BCUT2D eigenvalue weighted by molar-refractivity contribution is -0.146. The monoisotopic (exact) mass is 258 g/mol. The maximum Gasteiger partial charge on any atom is 0.152 e. The van der Waals surface area contributed by atoms with Crippen molar-refractivity contribution in [2.24, 2.45) is 11.3 Å². The fraction of sp³-hybridized carbons (Fsp3) is 0.500. The van der Waals surface area contributed by atoms with Crippen LogP contribution in [0.5, 0.6) is 0 Å². The minimum Gasteiger partial charge on any atom is -0.389 e. The molecule has 0 radical (unpaired) electrons. The fourth-order valence-electron chi connectivity index (χ4n) is 3.52. The first kappa shape index (κ1) is 12.5. The van der Waals surface area contributed by atoms with E-state index in [2.05, 4.69) is 0 Å². The summed E-state index contributed by atoms with van der Waals surface area (Å²) < 4.78 is 0. The lowest BCUT2D eigenvalue weighted by Crippen LogP contribution is -2.49. The molecule has 1 N–H and O–H groups in total. The number of carbonyl (C=O) groups excluding carboxylic acids is 2. The largest absolute Gasteiger partial charge is 0.389 e. The summed E-state index contributed by atoms with van der Waals surface area (Å²) in [5, 5.41) is 10.8. The number of hydrogen-bond donors (Lipinski definition) is 1. The molecule has 1 aromatic carbocycles. The van der Waals surface area contributed by atoms with Crippen LogP contribution in [0.1, 0.15) is 31.7 Å². The molecule has 2 fully saturated rings. The zero-order valence-electron chi connectivity index (χ0n) is 11.1. The Morgan fingerprint density at radius 3 is 2.58 bits per heavy atom. The van der Waals surface area contributed by atoms with Gasteiger partial charge in [-0.15, -0.1) is 0 Å². The van der Waals surface area contributed by atoms with Gasteiger partial charge in [0.15, 0.2) is 5.78 Å². The van der Waals surface area contributed by atoms with Gasteiger partial charge in [-0.05, 0) is 25.3 Å². The van der Waals surface area contributed by atoms with Crippen molar-refractivity contribution in [1.82, 2.24) is 0 Å². The highest BCUT2D eigenvalue weighted by molar-refractivity contribution is 6.14. The minimum atomic E-state index is -1.05. The molecule has 2 aliphatic carbocycles. The number of ketones is 2. The summed E-state index contributed by atoms with van der Waals surface area (Å²) in [6, 6.07) is 9.68. The Morgan fingerprint density at radius 1 is 1.21 bits per heavy atom. The van der Waals surface area contributed by atoms with Crippen LogP contribution in [0, 0.1) is 11.3 Å². The van der Waals surface area contributed by atoms with E-state index in [9.17, 15) is 14.7 Å². The van der Waals surface area contributed by atoms with Crippen LogP contribution < -0.4 is 0 Å². The molecule has 2 aliphatic rings. The number of rotatable bonds is 2. The molecule has 0 amide bonds. The molecule has 0 heterocycles. The van der Waals surface area contributed by atoms with Crippen LogP contribution in [0.2, 0.25) is 0 Å².